The lowest BCUT2D eigenvalue weighted by molar-refractivity contribution is -0.144. The Morgan fingerprint density at radius 1 is 1.13 bits per heavy atom. The van der Waals surface area contributed by atoms with Gasteiger partial charge in [-0.1, -0.05) is 13.8 Å². The third-order valence-electron chi connectivity index (χ3n) is 9.74. The summed E-state index contributed by atoms with van der Waals surface area (Å²) in [6, 6.07) is 0.408. The maximum Gasteiger partial charge on any atom is 0.226 e. The van der Waals surface area contributed by atoms with Crippen LogP contribution in [0.4, 0.5) is 0 Å². The molecule has 3 aliphatic carbocycles. The second kappa shape index (κ2) is 7.67. The monoisotopic (exact) mass is 414 g/mol. The van der Waals surface area contributed by atoms with Crippen LogP contribution in [0.15, 0.2) is 11.8 Å². The molecular weight excluding hydrogens is 372 g/mol. The lowest BCUT2D eigenvalue weighted by atomic mass is 9.49. The SMILES string of the molecule is CCN(CC)C(=O)C1CC[C@H]2[C@@H]3CN(C(C)C)C4=CC(=O)CC[C@]4(C)[C@@H]3CC[C@]12C. The van der Waals surface area contributed by atoms with Gasteiger partial charge in [0.05, 0.1) is 0 Å². The summed E-state index contributed by atoms with van der Waals surface area (Å²) in [7, 11) is 0. The summed E-state index contributed by atoms with van der Waals surface area (Å²) in [4.78, 5) is 30.3. The molecule has 0 aromatic carbocycles. The predicted molar refractivity (Wildman–Crippen MR) is 121 cm³/mol. The molecule has 6 atom stereocenters. The maximum absolute atomic E-state index is 13.4. The fourth-order valence-electron chi connectivity index (χ4n) is 8.00. The van der Waals surface area contributed by atoms with Crippen LogP contribution in [-0.2, 0) is 9.59 Å². The van der Waals surface area contributed by atoms with Crippen molar-refractivity contribution in [2.75, 3.05) is 19.6 Å². The molecule has 168 valence electrons. The molecule has 0 spiro atoms. The Hall–Kier alpha value is -1.32. The zero-order chi connectivity index (χ0) is 21.8. The molecular formula is C26H42N2O2. The molecule has 1 unspecified atom stereocenters. The Bertz CT molecular complexity index is 739. The Kier molecular flexibility index (Phi) is 5.60. The van der Waals surface area contributed by atoms with Crippen molar-refractivity contribution in [2.24, 2.45) is 34.5 Å². The van der Waals surface area contributed by atoms with E-state index in [0.29, 0.717) is 41.9 Å². The summed E-state index contributed by atoms with van der Waals surface area (Å²) in [5.74, 6) is 2.79. The summed E-state index contributed by atoms with van der Waals surface area (Å²) in [5.41, 5.74) is 1.56. The van der Waals surface area contributed by atoms with Crippen LogP contribution < -0.4 is 0 Å². The van der Waals surface area contributed by atoms with Gasteiger partial charge < -0.3 is 9.80 Å². The third-order valence-corrected chi connectivity index (χ3v) is 9.74. The summed E-state index contributed by atoms with van der Waals surface area (Å²) in [6.07, 6.45) is 8.28. The van der Waals surface area contributed by atoms with E-state index in [4.69, 9.17) is 0 Å². The van der Waals surface area contributed by atoms with E-state index in [1.807, 2.05) is 6.08 Å². The number of carbonyl (C=O) groups excluding carboxylic acids is 2. The quantitative estimate of drug-likeness (QED) is 0.657. The molecule has 2 saturated carbocycles. The van der Waals surface area contributed by atoms with Gasteiger partial charge in [-0.3, -0.25) is 9.59 Å². The fourth-order valence-corrected chi connectivity index (χ4v) is 8.00. The highest BCUT2D eigenvalue weighted by Gasteiger charge is 2.61. The van der Waals surface area contributed by atoms with E-state index in [1.54, 1.807) is 0 Å². The van der Waals surface area contributed by atoms with Gasteiger partial charge in [-0.15, -0.1) is 0 Å². The normalized spacial score (nSPS) is 40.6. The number of hydrogen-bond donors (Lipinski definition) is 0. The van der Waals surface area contributed by atoms with E-state index in [2.05, 4.69) is 51.3 Å². The van der Waals surface area contributed by atoms with Crippen LogP contribution in [0.3, 0.4) is 0 Å². The Balaban J connectivity index is 1.67. The van der Waals surface area contributed by atoms with Crippen molar-refractivity contribution in [3.8, 4) is 0 Å². The molecule has 4 rings (SSSR count). The summed E-state index contributed by atoms with van der Waals surface area (Å²) >= 11 is 0. The first-order chi connectivity index (χ1) is 14.2. The molecule has 0 N–H and O–H groups in total. The molecule has 1 aliphatic heterocycles. The topological polar surface area (TPSA) is 40.6 Å². The second-order valence-electron chi connectivity index (χ2n) is 11.2. The van der Waals surface area contributed by atoms with Gasteiger partial charge >= 0.3 is 0 Å². The largest absolute Gasteiger partial charge is 0.372 e. The maximum atomic E-state index is 13.4. The van der Waals surface area contributed by atoms with Crippen molar-refractivity contribution >= 4 is 11.7 Å². The van der Waals surface area contributed by atoms with Crippen molar-refractivity contribution in [2.45, 2.75) is 86.1 Å². The molecule has 0 radical (unpaired) electrons. The van der Waals surface area contributed by atoms with Gasteiger partial charge in [0.15, 0.2) is 5.78 Å². The van der Waals surface area contributed by atoms with Gasteiger partial charge in [-0.05, 0) is 83.0 Å². The molecule has 4 aliphatic rings. The van der Waals surface area contributed by atoms with Gasteiger partial charge in [0.2, 0.25) is 5.91 Å². The number of piperidine rings is 1. The zero-order valence-electron chi connectivity index (χ0n) is 20.0. The van der Waals surface area contributed by atoms with E-state index in [1.165, 1.54) is 18.5 Å². The minimum Gasteiger partial charge on any atom is -0.372 e. The van der Waals surface area contributed by atoms with Crippen molar-refractivity contribution in [1.82, 2.24) is 9.80 Å². The number of allylic oxidation sites excluding steroid dienone is 2. The molecule has 3 fully saturated rings. The molecule has 1 amide bonds. The lowest BCUT2D eigenvalue weighted by Crippen LogP contribution is -2.59. The molecule has 4 heteroatoms. The van der Waals surface area contributed by atoms with Crippen LogP contribution >= 0.6 is 0 Å². The number of amides is 1. The smallest absolute Gasteiger partial charge is 0.226 e. The minimum atomic E-state index is 0.114. The van der Waals surface area contributed by atoms with Crippen molar-refractivity contribution in [3.63, 3.8) is 0 Å². The zero-order valence-corrected chi connectivity index (χ0v) is 20.0. The second-order valence-corrected chi connectivity index (χ2v) is 11.2. The van der Waals surface area contributed by atoms with E-state index >= 15 is 0 Å². The van der Waals surface area contributed by atoms with E-state index < -0.39 is 0 Å². The molecule has 30 heavy (non-hydrogen) atoms. The fraction of sp³-hybridized carbons (Fsp3) is 0.846. The minimum absolute atomic E-state index is 0.114. The van der Waals surface area contributed by atoms with Gasteiger partial charge in [0.25, 0.3) is 0 Å². The molecule has 4 nitrogen and oxygen atoms in total. The van der Waals surface area contributed by atoms with E-state index in [-0.39, 0.29) is 16.7 Å². The van der Waals surface area contributed by atoms with Crippen molar-refractivity contribution in [3.05, 3.63) is 11.8 Å². The van der Waals surface area contributed by atoms with Gasteiger partial charge in [-0.2, -0.15) is 0 Å². The standard InChI is InChI=1S/C26H42N2O2/c1-7-27(8-2)24(30)22-10-9-20-19-16-28(17(3)4)23-15-18(29)11-13-26(23,6)21(19)12-14-25(20,22)5/h15,17,19-22H,7-14,16H2,1-6H3/t19-,20-,21+,22?,25-,26+/m0/s1. The Morgan fingerprint density at radius 2 is 1.83 bits per heavy atom. The molecule has 0 aromatic heterocycles. The number of likely N-dealkylation sites (tertiary alicyclic amines) is 1. The van der Waals surface area contributed by atoms with Crippen LogP contribution in [0.2, 0.25) is 0 Å². The van der Waals surface area contributed by atoms with Gasteiger partial charge in [0.1, 0.15) is 0 Å². The number of fused-ring (bicyclic) bond motifs is 5. The summed E-state index contributed by atoms with van der Waals surface area (Å²) in [6.45, 7) is 16.3. The average Bonchev–Trinajstić information content (AvgIpc) is 3.06. The predicted octanol–water partition coefficient (Wildman–Crippen LogP) is 4.89. The summed E-state index contributed by atoms with van der Waals surface area (Å²) < 4.78 is 0. The average molecular weight is 415 g/mol. The van der Waals surface area contributed by atoms with Crippen LogP contribution in [0.25, 0.3) is 0 Å². The Morgan fingerprint density at radius 3 is 2.47 bits per heavy atom. The van der Waals surface area contributed by atoms with Crippen LogP contribution in [0.1, 0.15) is 80.1 Å². The summed E-state index contributed by atoms with van der Waals surface area (Å²) in [5, 5.41) is 0. The Labute approximate surface area is 183 Å². The number of ketones is 1. The van der Waals surface area contributed by atoms with E-state index in [9.17, 15) is 9.59 Å². The van der Waals surface area contributed by atoms with Crippen molar-refractivity contribution < 1.29 is 9.59 Å². The van der Waals surface area contributed by atoms with Crippen LogP contribution in [0.5, 0.6) is 0 Å². The number of nitrogens with zero attached hydrogens (tertiary/aromatic N) is 2. The number of hydrogen-bond acceptors (Lipinski definition) is 3. The third kappa shape index (κ3) is 3.07. The van der Waals surface area contributed by atoms with Crippen LogP contribution in [0, 0.1) is 34.5 Å². The first-order valence-corrected chi connectivity index (χ1v) is 12.5. The van der Waals surface area contributed by atoms with Crippen LogP contribution in [-0.4, -0.2) is 47.2 Å². The first kappa shape index (κ1) is 21.9. The van der Waals surface area contributed by atoms with E-state index in [0.717, 1.165) is 38.9 Å². The first-order valence-electron chi connectivity index (χ1n) is 12.5. The molecule has 1 heterocycles. The molecule has 1 saturated heterocycles. The highest BCUT2D eigenvalue weighted by molar-refractivity contribution is 5.91. The van der Waals surface area contributed by atoms with Gasteiger partial charge in [0, 0.05) is 55.2 Å². The molecule has 0 bridgehead atoms. The number of rotatable bonds is 4. The van der Waals surface area contributed by atoms with Crippen molar-refractivity contribution in [1.29, 1.82) is 0 Å². The lowest BCUT2D eigenvalue weighted by Gasteiger charge is -2.61. The highest BCUT2D eigenvalue weighted by atomic mass is 16.2. The molecule has 0 aromatic rings. The van der Waals surface area contributed by atoms with Gasteiger partial charge in [-0.25, -0.2) is 0 Å². The highest BCUT2D eigenvalue weighted by Crippen LogP contribution is 2.65. The number of carbonyl (C=O) groups is 2.